The Bertz CT molecular complexity index is 1450. The van der Waals surface area contributed by atoms with Gasteiger partial charge < -0.3 is 4.42 Å². The number of furan rings is 1. The molecule has 5 nitrogen and oxygen atoms in total. The molecule has 0 unspecified atom stereocenters. The number of hydrogen-bond donors (Lipinski definition) is 0. The molecule has 6 rings (SSSR count). The fourth-order valence-electron chi connectivity index (χ4n) is 4.20. The highest BCUT2D eigenvalue weighted by atomic mass is 19.3. The van der Waals surface area contributed by atoms with E-state index in [0.29, 0.717) is 39.4 Å². The van der Waals surface area contributed by atoms with Crippen molar-refractivity contribution in [3.63, 3.8) is 0 Å². The Labute approximate surface area is 186 Å². The minimum absolute atomic E-state index is 0.264. The van der Waals surface area contributed by atoms with Gasteiger partial charge in [-0.05, 0) is 30.3 Å². The molecule has 3 aromatic heterocycles. The Balaban J connectivity index is 1.51. The van der Waals surface area contributed by atoms with Gasteiger partial charge in [0.05, 0.1) is 17.1 Å². The molecule has 0 atom stereocenters. The van der Waals surface area contributed by atoms with Crippen molar-refractivity contribution in [2.45, 2.75) is 24.8 Å². The van der Waals surface area contributed by atoms with Crippen LogP contribution in [0.15, 0.2) is 77.6 Å². The molecule has 1 fully saturated rings. The molecule has 33 heavy (non-hydrogen) atoms. The number of alkyl halides is 2. The lowest BCUT2D eigenvalue weighted by Crippen LogP contribution is -2.37. The normalized spacial score (nSPS) is 15.6. The van der Waals surface area contributed by atoms with Crippen LogP contribution in [0, 0.1) is 5.82 Å². The van der Waals surface area contributed by atoms with Gasteiger partial charge in [-0.2, -0.15) is 5.10 Å². The fraction of sp³-hybridized carbons (Fsp3) is 0.160. The second-order valence-corrected chi connectivity index (χ2v) is 8.21. The minimum atomic E-state index is -2.68. The van der Waals surface area contributed by atoms with E-state index < -0.39 is 12.0 Å². The van der Waals surface area contributed by atoms with Gasteiger partial charge in [0.1, 0.15) is 23.6 Å². The molecular formula is C25H17F3N4O. The Morgan fingerprint density at radius 2 is 1.67 bits per heavy atom. The summed E-state index contributed by atoms with van der Waals surface area (Å²) in [5, 5.41) is 5.29. The van der Waals surface area contributed by atoms with Crippen molar-refractivity contribution in [2.24, 2.45) is 0 Å². The van der Waals surface area contributed by atoms with E-state index in [-0.39, 0.29) is 18.7 Å². The smallest absolute Gasteiger partial charge is 0.252 e. The van der Waals surface area contributed by atoms with Crippen LogP contribution >= 0.6 is 0 Å². The quantitative estimate of drug-likeness (QED) is 0.315. The van der Waals surface area contributed by atoms with Crippen molar-refractivity contribution in [3.8, 4) is 33.8 Å². The maximum atomic E-state index is 13.5. The predicted octanol–water partition coefficient (Wildman–Crippen LogP) is 6.53. The summed E-state index contributed by atoms with van der Waals surface area (Å²) in [6, 6.07) is 17.0. The first-order valence-electron chi connectivity index (χ1n) is 10.5. The van der Waals surface area contributed by atoms with E-state index in [1.807, 2.05) is 36.4 Å². The molecule has 0 spiro atoms. The average molecular weight is 446 g/mol. The first-order valence-corrected chi connectivity index (χ1v) is 10.5. The van der Waals surface area contributed by atoms with Gasteiger partial charge in [-0.1, -0.05) is 30.3 Å². The minimum Gasteiger partial charge on any atom is -0.438 e. The molecule has 1 aliphatic carbocycles. The lowest BCUT2D eigenvalue weighted by Gasteiger charge is -2.34. The van der Waals surface area contributed by atoms with Gasteiger partial charge in [-0.15, -0.1) is 0 Å². The molecule has 1 aliphatic rings. The van der Waals surface area contributed by atoms with Crippen molar-refractivity contribution in [1.29, 1.82) is 0 Å². The number of hydrogen-bond acceptors (Lipinski definition) is 4. The number of fused-ring (bicyclic) bond motifs is 1. The molecule has 2 aromatic carbocycles. The zero-order chi connectivity index (χ0) is 22.6. The number of rotatable bonds is 4. The van der Waals surface area contributed by atoms with E-state index >= 15 is 0 Å². The van der Waals surface area contributed by atoms with Crippen LogP contribution in [0.1, 0.15) is 18.9 Å². The SMILES string of the molecule is Fc1ccc(-c2nn(C3CC(F)(F)C3)cc2-c2ncnc3oc(-c4ccccc4)cc23)cc1. The third-order valence-corrected chi connectivity index (χ3v) is 5.94. The van der Waals surface area contributed by atoms with Crippen LogP contribution in [-0.2, 0) is 0 Å². The monoisotopic (exact) mass is 446 g/mol. The highest BCUT2D eigenvalue weighted by molar-refractivity contribution is 5.95. The summed E-state index contributed by atoms with van der Waals surface area (Å²) in [5.74, 6) is -2.41. The maximum Gasteiger partial charge on any atom is 0.252 e. The van der Waals surface area contributed by atoms with Crippen LogP contribution in [0.25, 0.3) is 44.9 Å². The predicted molar refractivity (Wildman–Crippen MR) is 117 cm³/mol. The first kappa shape index (κ1) is 19.7. The fourth-order valence-corrected chi connectivity index (χ4v) is 4.20. The van der Waals surface area contributed by atoms with Gasteiger partial charge in [0.25, 0.3) is 5.92 Å². The van der Waals surface area contributed by atoms with Crippen LogP contribution < -0.4 is 0 Å². The van der Waals surface area contributed by atoms with Gasteiger partial charge >= 0.3 is 0 Å². The molecule has 0 aliphatic heterocycles. The van der Waals surface area contributed by atoms with E-state index in [1.54, 1.807) is 23.0 Å². The summed E-state index contributed by atoms with van der Waals surface area (Å²) < 4.78 is 48.1. The molecule has 0 N–H and O–H groups in total. The average Bonchev–Trinajstić information content (AvgIpc) is 3.43. The number of aromatic nitrogens is 4. The molecule has 0 saturated heterocycles. The molecule has 8 heteroatoms. The summed E-state index contributed by atoms with van der Waals surface area (Å²) in [7, 11) is 0. The van der Waals surface area contributed by atoms with E-state index in [1.165, 1.54) is 18.5 Å². The third kappa shape index (κ3) is 3.47. The Morgan fingerprint density at radius 3 is 2.39 bits per heavy atom. The lowest BCUT2D eigenvalue weighted by molar-refractivity contribution is -0.106. The van der Waals surface area contributed by atoms with E-state index in [2.05, 4.69) is 15.1 Å². The zero-order valence-corrected chi connectivity index (χ0v) is 17.3. The topological polar surface area (TPSA) is 56.7 Å². The zero-order valence-electron chi connectivity index (χ0n) is 17.3. The van der Waals surface area contributed by atoms with Gasteiger partial charge in [0.2, 0.25) is 5.71 Å². The van der Waals surface area contributed by atoms with Crippen molar-refractivity contribution in [2.75, 3.05) is 0 Å². The van der Waals surface area contributed by atoms with Crippen LogP contribution in [0.5, 0.6) is 0 Å². The van der Waals surface area contributed by atoms with Crippen molar-refractivity contribution in [1.82, 2.24) is 19.7 Å². The number of halogens is 3. The van der Waals surface area contributed by atoms with Crippen molar-refractivity contribution >= 4 is 11.1 Å². The van der Waals surface area contributed by atoms with E-state index in [0.717, 1.165) is 5.56 Å². The second kappa shape index (κ2) is 7.30. The first-order chi connectivity index (χ1) is 16.0. The standard InChI is InChI=1S/C25H17F3N4O/c26-17-8-6-16(7-9-17)22-20(13-32(31-22)18-11-25(27,28)12-18)23-19-10-21(15-4-2-1-3-5-15)33-24(19)30-14-29-23/h1-10,13-14,18H,11-12H2. The summed E-state index contributed by atoms with van der Waals surface area (Å²) in [5.41, 5.74) is 3.72. The van der Waals surface area contributed by atoms with Crippen LogP contribution in [0.4, 0.5) is 13.2 Å². The molecule has 164 valence electrons. The van der Waals surface area contributed by atoms with Gasteiger partial charge in [-0.3, -0.25) is 4.68 Å². The molecule has 0 bridgehead atoms. The maximum absolute atomic E-state index is 13.5. The number of nitrogens with zero attached hydrogens (tertiary/aromatic N) is 4. The van der Waals surface area contributed by atoms with Gasteiger partial charge in [0, 0.05) is 35.7 Å². The second-order valence-electron chi connectivity index (χ2n) is 8.21. The highest BCUT2D eigenvalue weighted by Gasteiger charge is 2.47. The molecular weight excluding hydrogens is 429 g/mol. The van der Waals surface area contributed by atoms with Crippen LogP contribution in [-0.4, -0.2) is 25.7 Å². The Kier molecular flexibility index (Phi) is 4.36. The van der Waals surface area contributed by atoms with Gasteiger partial charge in [0.15, 0.2) is 0 Å². The molecule has 0 amide bonds. The van der Waals surface area contributed by atoms with Gasteiger partial charge in [-0.25, -0.2) is 23.1 Å². The number of benzene rings is 2. The summed E-state index contributed by atoms with van der Waals surface area (Å²) in [6.45, 7) is 0. The Morgan fingerprint density at radius 1 is 0.909 bits per heavy atom. The highest BCUT2D eigenvalue weighted by Crippen LogP contribution is 2.46. The summed E-state index contributed by atoms with van der Waals surface area (Å²) in [4.78, 5) is 8.75. The molecule has 1 saturated carbocycles. The summed E-state index contributed by atoms with van der Waals surface area (Å²) >= 11 is 0. The largest absolute Gasteiger partial charge is 0.438 e. The van der Waals surface area contributed by atoms with Crippen molar-refractivity contribution < 1.29 is 17.6 Å². The molecule has 0 radical (unpaired) electrons. The van der Waals surface area contributed by atoms with Crippen LogP contribution in [0.3, 0.4) is 0 Å². The van der Waals surface area contributed by atoms with Crippen molar-refractivity contribution in [3.05, 3.63) is 79.0 Å². The van der Waals surface area contributed by atoms with E-state index in [4.69, 9.17) is 4.42 Å². The lowest BCUT2D eigenvalue weighted by atomic mass is 9.88. The van der Waals surface area contributed by atoms with E-state index in [9.17, 15) is 13.2 Å². The Hall–Kier alpha value is -3.94. The molecule has 5 aromatic rings. The summed E-state index contributed by atoms with van der Waals surface area (Å²) in [6.07, 6.45) is 2.61. The molecule has 3 heterocycles. The third-order valence-electron chi connectivity index (χ3n) is 5.94. The van der Waals surface area contributed by atoms with Crippen LogP contribution in [0.2, 0.25) is 0 Å².